The SMILES string of the molecule is Cc1ccc(C(F)(F)c2nnc(C3CN(C(=O)c4cnccn4)CC34CNC4)o2)cc1Cl. The van der Waals surface area contributed by atoms with Crippen molar-refractivity contribution < 1.29 is 18.0 Å². The number of aromatic nitrogens is 4. The van der Waals surface area contributed by atoms with Gasteiger partial charge in [0, 0.05) is 54.6 Å². The number of benzene rings is 1. The Hall–Kier alpha value is -2.98. The summed E-state index contributed by atoms with van der Waals surface area (Å²) in [5, 5.41) is 11.0. The number of carbonyl (C=O) groups excluding carboxylic acids is 1. The van der Waals surface area contributed by atoms with Crippen molar-refractivity contribution in [3.8, 4) is 0 Å². The van der Waals surface area contributed by atoms with Crippen molar-refractivity contribution in [2.45, 2.75) is 18.8 Å². The largest absolute Gasteiger partial charge is 0.419 e. The van der Waals surface area contributed by atoms with Gasteiger partial charge in [0.2, 0.25) is 5.89 Å². The van der Waals surface area contributed by atoms with Gasteiger partial charge in [0.1, 0.15) is 5.69 Å². The highest BCUT2D eigenvalue weighted by molar-refractivity contribution is 6.31. The highest BCUT2D eigenvalue weighted by Crippen LogP contribution is 2.46. The van der Waals surface area contributed by atoms with Gasteiger partial charge < -0.3 is 14.6 Å². The van der Waals surface area contributed by atoms with Crippen LogP contribution in [-0.4, -0.2) is 57.2 Å². The number of nitrogens with one attached hydrogen (secondary N) is 1. The fraction of sp³-hybridized carbons (Fsp3) is 0.381. The Labute approximate surface area is 187 Å². The molecule has 0 saturated carbocycles. The number of amides is 1. The van der Waals surface area contributed by atoms with Crippen LogP contribution in [-0.2, 0) is 5.92 Å². The lowest BCUT2D eigenvalue weighted by Gasteiger charge is -2.42. The number of likely N-dealkylation sites (tertiary alicyclic amines) is 1. The molecule has 1 N–H and O–H groups in total. The molecule has 4 heterocycles. The molecule has 5 rings (SSSR count). The van der Waals surface area contributed by atoms with Gasteiger partial charge in [-0.2, -0.15) is 8.78 Å². The highest BCUT2D eigenvalue weighted by atomic mass is 35.5. The number of hydrogen-bond donors (Lipinski definition) is 1. The van der Waals surface area contributed by atoms with Gasteiger partial charge in [0.15, 0.2) is 0 Å². The average Bonchev–Trinajstić information content (AvgIpc) is 3.41. The smallest absolute Gasteiger partial charge is 0.349 e. The molecule has 32 heavy (non-hydrogen) atoms. The molecule has 1 amide bonds. The van der Waals surface area contributed by atoms with Gasteiger partial charge in [-0.1, -0.05) is 23.7 Å². The molecule has 0 radical (unpaired) electrons. The molecule has 11 heteroatoms. The van der Waals surface area contributed by atoms with Crippen LogP contribution in [0.25, 0.3) is 0 Å². The van der Waals surface area contributed by atoms with E-state index < -0.39 is 11.8 Å². The van der Waals surface area contributed by atoms with Crippen molar-refractivity contribution in [1.29, 1.82) is 0 Å². The second-order valence-corrected chi connectivity index (χ2v) is 8.69. The molecule has 2 fully saturated rings. The van der Waals surface area contributed by atoms with Gasteiger partial charge in [0.25, 0.3) is 11.8 Å². The number of halogens is 3. The van der Waals surface area contributed by atoms with Gasteiger partial charge in [-0.05, 0) is 18.6 Å². The van der Waals surface area contributed by atoms with Gasteiger partial charge in [-0.15, -0.1) is 10.2 Å². The maximum atomic E-state index is 15.1. The van der Waals surface area contributed by atoms with Gasteiger partial charge >= 0.3 is 5.92 Å². The van der Waals surface area contributed by atoms with Gasteiger partial charge in [-0.25, -0.2) is 4.98 Å². The molecule has 1 unspecified atom stereocenters. The van der Waals surface area contributed by atoms with E-state index in [9.17, 15) is 4.79 Å². The Bertz CT molecular complexity index is 1170. The number of aryl methyl sites for hydroxylation is 1. The van der Waals surface area contributed by atoms with E-state index in [2.05, 4.69) is 25.5 Å². The van der Waals surface area contributed by atoms with Crippen molar-refractivity contribution in [2.75, 3.05) is 26.2 Å². The zero-order valence-electron chi connectivity index (χ0n) is 17.1. The van der Waals surface area contributed by atoms with Crippen LogP contribution in [0.1, 0.15) is 39.3 Å². The molecule has 166 valence electrons. The van der Waals surface area contributed by atoms with Crippen LogP contribution in [0.4, 0.5) is 8.78 Å². The fourth-order valence-electron chi connectivity index (χ4n) is 4.25. The molecule has 0 aliphatic carbocycles. The molecule has 8 nitrogen and oxygen atoms in total. The van der Waals surface area contributed by atoms with Crippen molar-refractivity contribution >= 4 is 17.5 Å². The topological polar surface area (TPSA) is 97.0 Å². The summed E-state index contributed by atoms with van der Waals surface area (Å²) >= 11 is 6.02. The molecule has 1 aromatic carbocycles. The zero-order valence-corrected chi connectivity index (χ0v) is 17.8. The van der Waals surface area contributed by atoms with Crippen LogP contribution in [0.2, 0.25) is 5.02 Å². The van der Waals surface area contributed by atoms with Crippen LogP contribution < -0.4 is 5.32 Å². The van der Waals surface area contributed by atoms with E-state index >= 15 is 8.78 Å². The first-order chi connectivity index (χ1) is 15.3. The third kappa shape index (κ3) is 3.34. The molecule has 0 bridgehead atoms. The monoisotopic (exact) mass is 460 g/mol. The van der Waals surface area contributed by atoms with E-state index in [1.165, 1.54) is 36.8 Å². The Morgan fingerprint density at radius 2 is 2.12 bits per heavy atom. The summed E-state index contributed by atoms with van der Waals surface area (Å²) in [4.78, 5) is 22.5. The molecular formula is C21H19ClF2N6O2. The maximum Gasteiger partial charge on any atom is 0.349 e. The van der Waals surface area contributed by atoms with Crippen molar-refractivity contribution in [1.82, 2.24) is 30.4 Å². The first-order valence-corrected chi connectivity index (χ1v) is 10.4. The van der Waals surface area contributed by atoms with E-state index in [4.69, 9.17) is 16.0 Å². The number of hydrogen-bond acceptors (Lipinski definition) is 7. The van der Waals surface area contributed by atoms with E-state index in [-0.39, 0.29) is 46.0 Å². The zero-order chi connectivity index (χ0) is 22.5. The lowest BCUT2D eigenvalue weighted by Crippen LogP contribution is -2.57. The van der Waals surface area contributed by atoms with Crippen LogP contribution in [0.3, 0.4) is 0 Å². The summed E-state index contributed by atoms with van der Waals surface area (Å²) in [5.41, 5.74) is 0.235. The minimum absolute atomic E-state index is 0.0915. The first kappa shape index (κ1) is 20.9. The normalized spacial score (nSPS) is 19.9. The molecular weight excluding hydrogens is 442 g/mol. The summed E-state index contributed by atoms with van der Waals surface area (Å²) in [5.74, 6) is -4.85. The van der Waals surface area contributed by atoms with E-state index in [1.807, 2.05) is 0 Å². The Balaban J connectivity index is 1.42. The maximum absolute atomic E-state index is 15.1. The molecule has 3 aromatic rings. The Morgan fingerprint density at radius 1 is 1.31 bits per heavy atom. The summed E-state index contributed by atoms with van der Waals surface area (Å²) in [6.07, 6.45) is 4.34. The van der Waals surface area contributed by atoms with E-state index in [1.54, 1.807) is 11.8 Å². The molecule has 1 atom stereocenters. The van der Waals surface area contributed by atoms with Crippen LogP contribution in [0, 0.1) is 12.3 Å². The number of rotatable bonds is 4. The molecule has 2 aliphatic heterocycles. The molecule has 1 spiro atoms. The fourth-order valence-corrected chi connectivity index (χ4v) is 4.43. The van der Waals surface area contributed by atoms with Crippen LogP contribution >= 0.6 is 11.6 Å². The third-order valence-electron chi connectivity index (χ3n) is 6.21. The second-order valence-electron chi connectivity index (χ2n) is 8.28. The van der Waals surface area contributed by atoms with Crippen LogP contribution in [0.15, 0.2) is 41.2 Å². The molecule has 2 saturated heterocycles. The highest BCUT2D eigenvalue weighted by Gasteiger charge is 2.55. The summed E-state index contributed by atoms with van der Waals surface area (Å²) in [6.45, 7) is 3.66. The number of carbonyl (C=O) groups is 1. The molecule has 2 aromatic heterocycles. The third-order valence-corrected chi connectivity index (χ3v) is 6.62. The second kappa shape index (κ2) is 7.56. The van der Waals surface area contributed by atoms with Crippen LogP contribution in [0.5, 0.6) is 0 Å². The predicted octanol–water partition coefficient (Wildman–Crippen LogP) is 2.79. The van der Waals surface area contributed by atoms with E-state index in [0.717, 1.165) is 0 Å². The minimum Gasteiger partial charge on any atom is -0.419 e. The summed E-state index contributed by atoms with van der Waals surface area (Å²) in [7, 11) is 0. The number of nitrogens with zero attached hydrogens (tertiary/aromatic N) is 5. The lowest BCUT2D eigenvalue weighted by atomic mass is 9.73. The summed E-state index contributed by atoms with van der Waals surface area (Å²) < 4.78 is 35.6. The average molecular weight is 461 g/mol. The Morgan fingerprint density at radius 3 is 2.78 bits per heavy atom. The standard InChI is InChI=1S/C21H19ClF2N6O2/c1-12-2-3-13(6-15(12)22)21(23,24)19-29-28-17(32-19)14-8-30(11-20(14)9-26-10-20)18(31)16-7-25-4-5-27-16/h2-7,14,26H,8-11H2,1H3. The summed E-state index contributed by atoms with van der Waals surface area (Å²) in [6, 6.07) is 4.01. The quantitative estimate of drug-likeness (QED) is 0.639. The molecule has 2 aliphatic rings. The number of alkyl halides is 2. The van der Waals surface area contributed by atoms with Crippen molar-refractivity contribution in [3.05, 3.63) is 70.4 Å². The predicted molar refractivity (Wildman–Crippen MR) is 109 cm³/mol. The first-order valence-electron chi connectivity index (χ1n) is 10.0. The minimum atomic E-state index is -3.50. The Kier molecular flexibility index (Phi) is 4.94. The van der Waals surface area contributed by atoms with Crippen molar-refractivity contribution in [3.63, 3.8) is 0 Å². The van der Waals surface area contributed by atoms with Gasteiger partial charge in [0.05, 0.1) is 12.1 Å². The van der Waals surface area contributed by atoms with E-state index in [0.29, 0.717) is 25.2 Å². The lowest BCUT2D eigenvalue weighted by molar-refractivity contribution is 0.0106. The van der Waals surface area contributed by atoms with Gasteiger partial charge in [-0.3, -0.25) is 9.78 Å². The van der Waals surface area contributed by atoms with Crippen molar-refractivity contribution in [2.24, 2.45) is 5.41 Å².